The van der Waals surface area contributed by atoms with Crippen LogP contribution in [0.3, 0.4) is 0 Å². The molecule has 20 heavy (non-hydrogen) atoms. The summed E-state index contributed by atoms with van der Waals surface area (Å²) >= 11 is 0. The molecule has 0 unspecified atom stereocenters. The maximum absolute atomic E-state index is 5.92. The number of rotatable bonds is 3. The lowest BCUT2D eigenvalue weighted by Crippen LogP contribution is -2.43. The van der Waals surface area contributed by atoms with Crippen LogP contribution in [0.5, 0.6) is 11.5 Å². The first-order valence-electron chi connectivity index (χ1n) is 7.12. The van der Waals surface area contributed by atoms with Gasteiger partial charge >= 0.3 is 0 Å². The summed E-state index contributed by atoms with van der Waals surface area (Å²) < 4.78 is 5.92. The molecule has 3 rings (SSSR count). The van der Waals surface area contributed by atoms with Crippen molar-refractivity contribution in [3.05, 3.63) is 54.1 Å². The molecule has 0 radical (unpaired) electrons. The Balaban J connectivity index is 1.71. The molecule has 1 N–H and O–H groups in total. The number of ether oxygens (including phenoxy) is 1. The number of hydrogen-bond acceptors (Lipinski definition) is 3. The SMILES string of the molecule is Cc1ccccc1Oc1ccc(N2CCNCC2)cc1. The van der Waals surface area contributed by atoms with Crippen molar-refractivity contribution in [3.63, 3.8) is 0 Å². The van der Waals surface area contributed by atoms with Crippen LogP contribution in [0.2, 0.25) is 0 Å². The Morgan fingerprint density at radius 2 is 1.65 bits per heavy atom. The van der Waals surface area contributed by atoms with Crippen LogP contribution >= 0.6 is 0 Å². The van der Waals surface area contributed by atoms with Gasteiger partial charge in [-0.25, -0.2) is 0 Å². The Morgan fingerprint density at radius 1 is 0.950 bits per heavy atom. The average Bonchev–Trinajstić information content (AvgIpc) is 2.51. The molecule has 3 nitrogen and oxygen atoms in total. The van der Waals surface area contributed by atoms with E-state index in [1.807, 2.05) is 30.3 Å². The second-order valence-electron chi connectivity index (χ2n) is 5.10. The summed E-state index contributed by atoms with van der Waals surface area (Å²) in [6.07, 6.45) is 0. The van der Waals surface area contributed by atoms with Gasteiger partial charge in [-0.2, -0.15) is 0 Å². The molecule has 2 aromatic rings. The zero-order valence-electron chi connectivity index (χ0n) is 11.8. The number of nitrogens with zero attached hydrogens (tertiary/aromatic N) is 1. The normalized spacial score (nSPS) is 15.2. The fourth-order valence-electron chi connectivity index (χ4n) is 2.45. The number of aryl methyl sites for hydroxylation is 1. The molecule has 1 aliphatic heterocycles. The highest BCUT2D eigenvalue weighted by Crippen LogP contribution is 2.26. The van der Waals surface area contributed by atoms with Gasteiger partial charge in [0.1, 0.15) is 11.5 Å². The summed E-state index contributed by atoms with van der Waals surface area (Å²) in [5, 5.41) is 3.37. The first kappa shape index (κ1) is 13.0. The van der Waals surface area contributed by atoms with E-state index in [4.69, 9.17) is 4.74 Å². The third-order valence-corrected chi connectivity index (χ3v) is 3.64. The average molecular weight is 268 g/mol. The van der Waals surface area contributed by atoms with E-state index in [2.05, 4.69) is 35.3 Å². The fourth-order valence-corrected chi connectivity index (χ4v) is 2.45. The van der Waals surface area contributed by atoms with Crippen molar-refractivity contribution in [1.29, 1.82) is 0 Å². The van der Waals surface area contributed by atoms with Crippen LogP contribution in [0.1, 0.15) is 5.56 Å². The van der Waals surface area contributed by atoms with Crippen molar-refractivity contribution in [1.82, 2.24) is 5.32 Å². The van der Waals surface area contributed by atoms with Gasteiger partial charge in [-0.15, -0.1) is 0 Å². The molecular formula is C17H20N2O. The molecule has 1 saturated heterocycles. The van der Waals surface area contributed by atoms with Crippen LogP contribution in [0.15, 0.2) is 48.5 Å². The monoisotopic (exact) mass is 268 g/mol. The lowest BCUT2D eigenvalue weighted by atomic mass is 10.2. The summed E-state index contributed by atoms with van der Waals surface area (Å²) in [5.74, 6) is 1.81. The molecule has 0 bridgehead atoms. The van der Waals surface area contributed by atoms with Crippen molar-refractivity contribution >= 4 is 5.69 Å². The minimum absolute atomic E-state index is 0.887. The number of hydrogen-bond donors (Lipinski definition) is 1. The van der Waals surface area contributed by atoms with Crippen LogP contribution in [-0.4, -0.2) is 26.2 Å². The second kappa shape index (κ2) is 5.97. The van der Waals surface area contributed by atoms with E-state index in [9.17, 15) is 0 Å². The third kappa shape index (κ3) is 2.94. The smallest absolute Gasteiger partial charge is 0.130 e. The number of nitrogens with one attached hydrogen (secondary N) is 1. The van der Waals surface area contributed by atoms with Crippen LogP contribution < -0.4 is 15.0 Å². The Labute approximate surface area is 120 Å². The molecule has 3 heteroatoms. The van der Waals surface area contributed by atoms with E-state index >= 15 is 0 Å². The summed E-state index contributed by atoms with van der Waals surface area (Å²) in [4.78, 5) is 2.40. The van der Waals surface area contributed by atoms with Gasteiger partial charge in [-0.1, -0.05) is 18.2 Å². The molecule has 0 amide bonds. The highest BCUT2D eigenvalue weighted by molar-refractivity contribution is 5.50. The third-order valence-electron chi connectivity index (χ3n) is 3.64. The van der Waals surface area contributed by atoms with Crippen LogP contribution in [0, 0.1) is 6.92 Å². The van der Waals surface area contributed by atoms with E-state index in [1.54, 1.807) is 0 Å². The predicted molar refractivity (Wildman–Crippen MR) is 82.8 cm³/mol. The largest absolute Gasteiger partial charge is 0.457 e. The summed E-state index contributed by atoms with van der Waals surface area (Å²) in [5.41, 5.74) is 2.42. The van der Waals surface area contributed by atoms with Gasteiger partial charge in [-0.05, 0) is 42.8 Å². The van der Waals surface area contributed by atoms with Crippen molar-refractivity contribution in [2.45, 2.75) is 6.92 Å². The topological polar surface area (TPSA) is 24.5 Å². The van der Waals surface area contributed by atoms with E-state index < -0.39 is 0 Å². The molecule has 1 aliphatic rings. The van der Waals surface area contributed by atoms with Gasteiger partial charge in [0.15, 0.2) is 0 Å². The zero-order chi connectivity index (χ0) is 13.8. The van der Waals surface area contributed by atoms with E-state index in [0.717, 1.165) is 43.2 Å². The molecule has 1 fully saturated rings. The Bertz CT molecular complexity index is 559. The van der Waals surface area contributed by atoms with Crippen molar-refractivity contribution < 1.29 is 4.74 Å². The van der Waals surface area contributed by atoms with E-state index in [0.29, 0.717) is 0 Å². The molecule has 0 atom stereocenters. The van der Waals surface area contributed by atoms with Crippen LogP contribution in [0.25, 0.3) is 0 Å². The molecule has 0 saturated carbocycles. The Kier molecular flexibility index (Phi) is 3.88. The maximum Gasteiger partial charge on any atom is 0.130 e. The highest BCUT2D eigenvalue weighted by Gasteiger charge is 2.10. The fraction of sp³-hybridized carbons (Fsp3) is 0.294. The molecule has 0 aromatic heterocycles. The molecule has 0 aliphatic carbocycles. The van der Waals surface area contributed by atoms with Crippen LogP contribution in [-0.2, 0) is 0 Å². The number of anilines is 1. The summed E-state index contributed by atoms with van der Waals surface area (Å²) in [6, 6.07) is 16.4. The highest BCUT2D eigenvalue weighted by atomic mass is 16.5. The lowest BCUT2D eigenvalue weighted by molar-refractivity contribution is 0.479. The summed E-state index contributed by atoms with van der Waals surface area (Å²) in [6.45, 7) is 6.31. The first-order chi connectivity index (χ1) is 9.83. The van der Waals surface area contributed by atoms with Crippen molar-refractivity contribution in [2.24, 2.45) is 0 Å². The molecule has 2 aromatic carbocycles. The van der Waals surface area contributed by atoms with Gasteiger partial charge in [-0.3, -0.25) is 0 Å². The van der Waals surface area contributed by atoms with Crippen molar-refractivity contribution in [2.75, 3.05) is 31.1 Å². The second-order valence-corrected chi connectivity index (χ2v) is 5.10. The number of piperazine rings is 1. The predicted octanol–water partition coefficient (Wildman–Crippen LogP) is 3.20. The zero-order valence-corrected chi connectivity index (χ0v) is 11.8. The molecule has 104 valence electrons. The number of benzene rings is 2. The van der Waals surface area contributed by atoms with Crippen LogP contribution in [0.4, 0.5) is 5.69 Å². The Morgan fingerprint density at radius 3 is 2.35 bits per heavy atom. The van der Waals surface area contributed by atoms with Gasteiger partial charge in [0.25, 0.3) is 0 Å². The van der Waals surface area contributed by atoms with Gasteiger partial charge in [0.2, 0.25) is 0 Å². The van der Waals surface area contributed by atoms with Gasteiger partial charge < -0.3 is 15.0 Å². The van der Waals surface area contributed by atoms with E-state index in [-0.39, 0.29) is 0 Å². The first-order valence-corrected chi connectivity index (χ1v) is 7.12. The summed E-state index contributed by atoms with van der Waals surface area (Å²) in [7, 11) is 0. The maximum atomic E-state index is 5.92. The minimum atomic E-state index is 0.887. The lowest BCUT2D eigenvalue weighted by Gasteiger charge is -2.29. The molecule has 0 spiro atoms. The molecular weight excluding hydrogens is 248 g/mol. The minimum Gasteiger partial charge on any atom is -0.457 e. The Hall–Kier alpha value is -2.00. The number of para-hydroxylation sites is 1. The standard InChI is InChI=1S/C17H20N2O/c1-14-4-2-3-5-17(14)20-16-8-6-15(7-9-16)19-12-10-18-11-13-19/h2-9,18H,10-13H2,1H3. The van der Waals surface area contributed by atoms with Crippen molar-refractivity contribution in [3.8, 4) is 11.5 Å². The molecule has 1 heterocycles. The van der Waals surface area contributed by atoms with Gasteiger partial charge in [0, 0.05) is 31.9 Å². The van der Waals surface area contributed by atoms with E-state index in [1.165, 1.54) is 5.69 Å². The quantitative estimate of drug-likeness (QED) is 0.925. The van der Waals surface area contributed by atoms with Gasteiger partial charge in [0.05, 0.1) is 0 Å².